The fourth-order valence-corrected chi connectivity index (χ4v) is 2.79. The Bertz CT molecular complexity index is 830. The number of nitro benzene ring substituents is 1. The Balaban J connectivity index is 1.99. The highest BCUT2D eigenvalue weighted by Gasteiger charge is 2.14. The summed E-state index contributed by atoms with van der Waals surface area (Å²) in [6, 6.07) is 9.15. The summed E-state index contributed by atoms with van der Waals surface area (Å²) in [5, 5.41) is 14.0. The van der Waals surface area contributed by atoms with E-state index in [9.17, 15) is 14.9 Å². The van der Waals surface area contributed by atoms with Crippen molar-refractivity contribution in [3.63, 3.8) is 0 Å². The van der Waals surface area contributed by atoms with E-state index >= 15 is 0 Å². The third-order valence-electron chi connectivity index (χ3n) is 3.53. The molecule has 7 nitrogen and oxygen atoms in total. The Labute approximate surface area is 160 Å². The minimum atomic E-state index is -0.552. The van der Waals surface area contributed by atoms with Crippen LogP contribution in [0.25, 0.3) is 0 Å². The molecule has 26 heavy (non-hydrogen) atoms. The van der Waals surface area contributed by atoms with Crippen LogP contribution in [-0.4, -0.2) is 36.4 Å². The molecule has 2 aromatic carbocycles. The summed E-state index contributed by atoms with van der Waals surface area (Å²) in [6.45, 7) is 0.536. The zero-order valence-corrected chi connectivity index (χ0v) is 15.7. The summed E-state index contributed by atoms with van der Waals surface area (Å²) in [7, 11) is 3.34. The van der Waals surface area contributed by atoms with Gasteiger partial charge in [-0.1, -0.05) is 23.2 Å². The van der Waals surface area contributed by atoms with E-state index in [-0.39, 0.29) is 23.2 Å². The SMILES string of the molecule is COc1ccc(Cl)cc1CN(C)CC(=O)Nc1ccc([N+](=O)[O-])cc1Cl. The molecule has 0 aliphatic carbocycles. The Morgan fingerprint density at radius 1 is 1.27 bits per heavy atom. The average Bonchev–Trinajstić information content (AvgIpc) is 2.56. The minimum absolute atomic E-state index is 0.0863. The second-order valence-electron chi connectivity index (χ2n) is 5.60. The van der Waals surface area contributed by atoms with Crippen LogP contribution in [0, 0.1) is 10.1 Å². The van der Waals surface area contributed by atoms with E-state index in [1.54, 1.807) is 37.3 Å². The molecule has 0 aliphatic heterocycles. The van der Waals surface area contributed by atoms with Gasteiger partial charge < -0.3 is 10.1 Å². The molecule has 0 aliphatic rings. The van der Waals surface area contributed by atoms with Crippen molar-refractivity contribution < 1.29 is 14.5 Å². The number of methoxy groups -OCH3 is 1. The monoisotopic (exact) mass is 397 g/mol. The Kier molecular flexibility index (Phi) is 6.79. The highest BCUT2D eigenvalue weighted by Crippen LogP contribution is 2.27. The van der Waals surface area contributed by atoms with E-state index in [2.05, 4.69) is 5.32 Å². The van der Waals surface area contributed by atoms with Gasteiger partial charge in [0.25, 0.3) is 5.69 Å². The molecule has 2 aromatic rings. The third-order valence-corrected chi connectivity index (χ3v) is 4.08. The lowest BCUT2D eigenvalue weighted by Crippen LogP contribution is -2.30. The van der Waals surface area contributed by atoms with Crippen molar-refractivity contribution in [3.05, 3.63) is 62.1 Å². The number of carbonyl (C=O) groups is 1. The van der Waals surface area contributed by atoms with Crippen molar-refractivity contribution in [2.75, 3.05) is 26.0 Å². The minimum Gasteiger partial charge on any atom is -0.496 e. The molecule has 9 heteroatoms. The van der Waals surface area contributed by atoms with Crippen molar-refractivity contribution in [2.24, 2.45) is 0 Å². The first kappa shape index (κ1) is 20.0. The van der Waals surface area contributed by atoms with Crippen LogP contribution in [0.4, 0.5) is 11.4 Å². The van der Waals surface area contributed by atoms with Gasteiger partial charge in [-0.3, -0.25) is 19.8 Å². The van der Waals surface area contributed by atoms with Crippen molar-refractivity contribution in [3.8, 4) is 5.75 Å². The molecule has 2 rings (SSSR count). The number of nitrogens with zero attached hydrogens (tertiary/aromatic N) is 2. The molecule has 0 saturated carbocycles. The lowest BCUT2D eigenvalue weighted by molar-refractivity contribution is -0.384. The van der Waals surface area contributed by atoms with Gasteiger partial charge in [0, 0.05) is 29.3 Å². The Morgan fingerprint density at radius 2 is 2.00 bits per heavy atom. The Morgan fingerprint density at radius 3 is 2.62 bits per heavy atom. The molecular weight excluding hydrogens is 381 g/mol. The number of likely N-dealkylation sites (N-methyl/N-ethyl adjacent to an activating group) is 1. The van der Waals surface area contributed by atoms with Crippen molar-refractivity contribution in [2.45, 2.75) is 6.54 Å². The van der Waals surface area contributed by atoms with Crippen molar-refractivity contribution in [1.82, 2.24) is 4.90 Å². The third kappa shape index (κ3) is 5.32. The maximum absolute atomic E-state index is 12.2. The van der Waals surface area contributed by atoms with Crippen molar-refractivity contribution in [1.29, 1.82) is 0 Å². The molecule has 1 amide bonds. The van der Waals surface area contributed by atoms with Gasteiger partial charge in [0.05, 0.1) is 29.3 Å². The molecule has 0 aromatic heterocycles. The summed E-state index contributed by atoms with van der Waals surface area (Å²) in [6.07, 6.45) is 0. The Hall–Kier alpha value is -2.35. The first-order chi connectivity index (χ1) is 12.3. The summed E-state index contributed by atoms with van der Waals surface area (Å²) in [5.74, 6) is 0.379. The number of nitrogens with one attached hydrogen (secondary N) is 1. The van der Waals surface area contributed by atoms with Gasteiger partial charge in [0.2, 0.25) is 5.91 Å². The summed E-state index contributed by atoms with van der Waals surface area (Å²) < 4.78 is 5.29. The zero-order valence-electron chi connectivity index (χ0n) is 14.2. The largest absolute Gasteiger partial charge is 0.496 e. The number of carbonyl (C=O) groups excluding carboxylic acids is 1. The molecule has 0 bridgehead atoms. The van der Waals surface area contributed by atoms with E-state index in [4.69, 9.17) is 27.9 Å². The molecular formula is C17H17Cl2N3O4. The van der Waals surface area contributed by atoms with Crippen LogP contribution in [-0.2, 0) is 11.3 Å². The van der Waals surface area contributed by atoms with Crippen LogP contribution in [0.2, 0.25) is 10.0 Å². The fraction of sp³-hybridized carbons (Fsp3) is 0.235. The molecule has 0 radical (unpaired) electrons. The summed E-state index contributed by atoms with van der Waals surface area (Å²) >= 11 is 12.0. The predicted molar refractivity (Wildman–Crippen MR) is 101 cm³/mol. The lowest BCUT2D eigenvalue weighted by Gasteiger charge is -2.18. The smallest absolute Gasteiger partial charge is 0.271 e. The number of benzene rings is 2. The van der Waals surface area contributed by atoms with Gasteiger partial charge in [-0.15, -0.1) is 0 Å². The van der Waals surface area contributed by atoms with E-state index in [1.165, 1.54) is 18.2 Å². The van der Waals surface area contributed by atoms with Crippen molar-refractivity contribution >= 4 is 40.5 Å². The fourth-order valence-electron chi connectivity index (χ4n) is 2.37. The summed E-state index contributed by atoms with van der Waals surface area (Å²) in [5.41, 5.74) is 1.03. The van der Waals surface area contributed by atoms with Crippen LogP contribution in [0.15, 0.2) is 36.4 Å². The van der Waals surface area contributed by atoms with E-state index in [1.807, 2.05) is 0 Å². The highest BCUT2D eigenvalue weighted by molar-refractivity contribution is 6.34. The van der Waals surface area contributed by atoms with Gasteiger partial charge in [0.1, 0.15) is 5.75 Å². The maximum Gasteiger partial charge on any atom is 0.271 e. The molecule has 138 valence electrons. The van der Waals surface area contributed by atoms with Gasteiger partial charge >= 0.3 is 0 Å². The lowest BCUT2D eigenvalue weighted by atomic mass is 10.2. The quantitative estimate of drug-likeness (QED) is 0.563. The molecule has 0 atom stereocenters. The highest BCUT2D eigenvalue weighted by atomic mass is 35.5. The zero-order chi connectivity index (χ0) is 19.3. The first-order valence-corrected chi connectivity index (χ1v) is 8.30. The molecule has 0 heterocycles. The number of anilines is 1. The molecule has 0 spiro atoms. The van der Waals surface area contributed by atoms with Crippen LogP contribution < -0.4 is 10.1 Å². The predicted octanol–water partition coefficient (Wildman–Crippen LogP) is 3.98. The standard InChI is InChI=1S/C17H17Cl2N3O4/c1-21(9-11-7-12(18)3-6-16(11)26-2)10-17(23)20-15-5-4-13(22(24)25)8-14(15)19/h3-8H,9-10H2,1-2H3,(H,20,23). The first-order valence-electron chi connectivity index (χ1n) is 7.55. The number of nitro groups is 1. The average molecular weight is 398 g/mol. The van der Waals surface area contributed by atoms with E-state index in [0.29, 0.717) is 23.0 Å². The van der Waals surface area contributed by atoms with Gasteiger partial charge in [-0.25, -0.2) is 0 Å². The topological polar surface area (TPSA) is 84.7 Å². The molecule has 0 unspecified atom stereocenters. The van der Waals surface area contributed by atoms with Gasteiger partial charge in [-0.2, -0.15) is 0 Å². The molecule has 0 saturated heterocycles. The number of ether oxygens (including phenoxy) is 1. The van der Waals surface area contributed by atoms with Crippen LogP contribution >= 0.6 is 23.2 Å². The number of hydrogen-bond donors (Lipinski definition) is 1. The van der Waals surface area contributed by atoms with Crippen LogP contribution in [0.5, 0.6) is 5.75 Å². The molecule has 1 N–H and O–H groups in total. The normalized spacial score (nSPS) is 10.7. The van der Waals surface area contributed by atoms with E-state index in [0.717, 1.165) is 5.56 Å². The van der Waals surface area contributed by atoms with E-state index < -0.39 is 4.92 Å². The van der Waals surface area contributed by atoms with Gasteiger partial charge in [-0.05, 0) is 31.3 Å². The number of rotatable bonds is 7. The van der Waals surface area contributed by atoms with Gasteiger partial charge in [0.15, 0.2) is 0 Å². The maximum atomic E-state index is 12.2. The number of hydrogen-bond acceptors (Lipinski definition) is 5. The second kappa shape index (κ2) is 8.84. The van der Waals surface area contributed by atoms with Crippen LogP contribution in [0.1, 0.15) is 5.56 Å². The number of non-ortho nitro benzene ring substituents is 1. The second-order valence-corrected chi connectivity index (χ2v) is 6.44. The van der Waals surface area contributed by atoms with Crippen LogP contribution in [0.3, 0.4) is 0 Å². The number of halogens is 2. The molecule has 0 fully saturated rings. The summed E-state index contributed by atoms with van der Waals surface area (Å²) in [4.78, 5) is 24.1. The number of amides is 1.